The molecule has 1 heterocycles. The molecule has 0 aliphatic carbocycles. The van der Waals surface area contributed by atoms with Gasteiger partial charge in [-0.25, -0.2) is 13.1 Å². The van der Waals surface area contributed by atoms with E-state index in [4.69, 9.17) is 0 Å². The number of nitrogens with one attached hydrogen (secondary N) is 1. The summed E-state index contributed by atoms with van der Waals surface area (Å²) >= 11 is 3.27. The third-order valence-electron chi connectivity index (χ3n) is 3.84. The van der Waals surface area contributed by atoms with Gasteiger partial charge in [0.1, 0.15) is 4.60 Å². The van der Waals surface area contributed by atoms with Gasteiger partial charge in [0, 0.05) is 5.39 Å². The highest BCUT2D eigenvalue weighted by atomic mass is 79.9. The van der Waals surface area contributed by atoms with Crippen molar-refractivity contribution in [1.82, 2.24) is 14.5 Å². The van der Waals surface area contributed by atoms with E-state index in [9.17, 15) is 21.6 Å². The molecule has 0 bridgehead atoms. The number of alkyl halides is 3. The van der Waals surface area contributed by atoms with Crippen LogP contribution in [0.25, 0.3) is 10.9 Å². The van der Waals surface area contributed by atoms with E-state index in [-0.39, 0.29) is 11.4 Å². The second kappa shape index (κ2) is 6.67. The molecule has 3 aromatic rings. The number of hydrogen-bond donors (Lipinski definition) is 1. The van der Waals surface area contributed by atoms with Crippen molar-refractivity contribution in [3.8, 4) is 0 Å². The Morgan fingerprint density at radius 1 is 1.19 bits per heavy atom. The summed E-state index contributed by atoms with van der Waals surface area (Å²) in [5, 5.41) is 4.81. The van der Waals surface area contributed by atoms with E-state index in [1.807, 2.05) is 0 Å². The lowest BCUT2D eigenvalue weighted by Crippen LogP contribution is -2.18. The van der Waals surface area contributed by atoms with Crippen molar-refractivity contribution in [3.63, 3.8) is 0 Å². The van der Waals surface area contributed by atoms with Crippen molar-refractivity contribution in [2.24, 2.45) is 0 Å². The summed E-state index contributed by atoms with van der Waals surface area (Å²) in [6, 6.07) is 9.46. The molecule has 0 amide bonds. The maximum atomic E-state index is 12.9. The van der Waals surface area contributed by atoms with E-state index in [0.29, 0.717) is 21.1 Å². The summed E-state index contributed by atoms with van der Waals surface area (Å²) in [5.41, 5.74) is 0.306. The minimum atomic E-state index is -4.42. The molecule has 3 rings (SSSR count). The normalized spacial score (nSPS) is 12.7. The Balaban J connectivity index is 2.02. The van der Waals surface area contributed by atoms with Crippen LogP contribution in [0.3, 0.4) is 0 Å². The average Bonchev–Trinajstić information content (AvgIpc) is 2.90. The van der Waals surface area contributed by atoms with E-state index in [1.54, 1.807) is 12.1 Å². The quantitative estimate of drug-likeness (QED) is 0.661. The highest BCUT2D eigenvalue weighted by Crippen LogP contribution is 2.30. The van der Waals surface area contributed by atoms with Gasteiger partial charge in [-0.05, 0) is 58.9 Å². The van der Waals surface area contributed by atoms with Crippen LogP contribution in [-0.2, 0) is 22.7 Å². The van der Waals surface area contributed by atoms with Crippen LogP contribution in [0.2, 0.25) is 0 Å². The Hall–Kier alpha value is -1.91. The van der Waals surface area contributed by atoms with Crippen LogP contribution in [0.1, 0.15) is 11.1 Å². The summed E-state index contributed by atoms with van der Waals surface area (Å²) in [4.78, 5) is 0.0758. The maximum absolute atomic E-state index is 12.9. The topological polar surface area (TPSA) is 64.0 Å². The monoisotopic (exact) mass is 447 g/mol. The molecule has 0 spiro atoms. The number of aromatic nitrogens is 2. The molecule has 0 radical (unpaired) electrons. The molecular formula is C16H13BrF3N3O2S. The number of nitrogens with zero attached hydrogens (tertiary/aromatic N) is 2. The number of fused-ring (bicyclic) bond motifs is 1. The first-order valence-electron chi connectivity index (χ1n) is 7.37. The van der Waals surface area contributed by atoms with E-state index in [0.717, 1.165) is 12.1 Å². The molecule has 0 unspecified atom stereocenters. The van der Waals surface area contributed by atoms with Crippen LogP contribution in [0, 0.1) is 0 Å². The predicted molar refractivity (Wildman–Crippen MR) is 94.2 cm³/mol. The average molecular weight is 448 g/mol. The van der Waals surface area contributed by atoms with Gasteiger partial charge in [0.25, 0.3) is 0 Å². The molecule has 0 aliphatic heterocycles. The number of hydrogen-bond acceptors (Lipinski definition) is 3. The van der Waals surface area contributed by atoms with Crippen LogP contribution in [-0.4, -0.2) is 25.2 Å². The van der Waals surface area contributed by atoms with Crippen molar-refractivity contribution in [2.75, 3.05) is 7.05 Å². The SMILES string of the molecule is CNS(=O)(=O)c1ccc2c(c1)c(Br)nn2Cc1cccc(C(F)(F)F)c1. The molecule has 5 nitrogen and oxygen atoms in total. The van der Waals surface area contributed by atoms with E-state index >= 15 is 0 Å². The maximum Gasteiger partial charge on any atom is 0.416 e. The zero-order chi connectivity index (χ0) is 19.1. The summed E-state index contributed by atoms with van der Waals surface area (Å²) in [5.74, 6) is 0. The van der Waals surface area contributed by atoms with E-state index in [2.05, 4.69) is 25.8 Å². The van der Waals surface area contributed by atoms with Gasteiger partial charge in [-0.15, -0.1) is 0 Å². The molecular weight excluding hydrogens is 435 g/mol. The van der Waals surface area contributed by atoms with Gasteiger partial charge in [-0.1, -0.05) is 12.1 Å². The van der Waals surface area contributed by atoms with Gasteiger partial charge < -0.3 is 0 Å². The third kappa shape index (κ3) is 3.62. The first kappa shape index (κ1) is 18.9. The van der Waals surface area contributed by atoms with Crippen molar-refractivity contribution in [2.45, 2.75) is 17.6 Å². The smallest absolute Gasteiger partial charge is 0.259 e. The molecule has 0 saturated carbocycles. The molecule has 10 heteroatoms. The molecule has 1 N–H and O–H groups in total. The Bertz CT molecular complexity index is 1080. The van der Waals surface area contributed by atoms with Gasteiger partial charge in [-0.2, -0.15) is 18.3 Å². The molecule has 0 fully saturated rings. The van der Waals surface area contributed by atoms with E-state index < -0.39 is 21.8 Å². The highest BCUT2D eigenvalue weighted by Gasteiger charge is 2.30. The van der Waals surface area contributed by atoms with E-state index in [1.165, 1.54) is 29.9 Å². The fraction of sp³-hybridized carbons (Fsp3) is 0.188. The molecule has 2 aromatic carbocycles. The summed E-state index contributed by atoms with van der Waals surface area (Å²) in [6.45, 7) is 0.115. The summed E-state index contributed by atoms with van der Waals surface area (Å²) in [6.07, 6.45) is -4.42. The van der Waals surface area contributed by atoms with Gasteiger partial charge in [-0.3, -0.25) is 4.68 Å². The number of sulfonamides is 1. The summed E-state index contributed by atoms with van der Waals surface area (Å²) < 4.78 is 66.6. The van der Waals surface area contributed by atoms with Gasteiger partial charge in [0.15, 0.2) is 0 Å². The van der Waals surface area contributed by atoms with Crippen LogP contribution in [0.15, 0.2) is 52.0 Å². The lowest BCUT2D eigenvalue weighted by molar-refractivity contribution is -0.137. The third-order valence-corrected chi connectivity index (χ3v) is 5.84. The number of benzene rings is 2. The number of halogens is 4. The first-order valence-corrected chi connectivity index (χ1v) is 9.65. The molecule has 0 atom stereocenters. The second-order valence-electron chi connectivity index (χ2n) is 5.53. The van der Waals surface area contributed by atoms with Crippen molar-refractivity contribution < 1.29 is 21.6 Å². The van der Waals surface area contributed by atoms with Gasteiger partial charge in [0.05, 0.1) is 22.5 Å². The molecule has 1 aromatic heterocycles. The minimum absolute atomic E-state index is 0.0758. The second-order valence-corrected chi connectivity index (χ2v) is 8.17. The molecule has 138 valence electrons. The Morgan fingerprint density at radius 3 is 2.58 bits per heavy atom. The predicted octanol–water partition coefficient (Wildman–Crippen LogP) is 3.77. The molecule has 26 heavy (non-hydrogen) atoms. The van der Waals surface area contributed by atoms with Crippen LogP contribution in [0.5, 0.6) is 0 Å². The number of rotatable bonds is 4. The molecule has 0 aliphatic rings. The van der Waals surface area contributed by atoms with Gasteiger partial charge in [0.2, 0.25) is 10.0 Å². The van der Waals surface area contributed by atoms with Gasteiger partial charge >= 0.3 is 6.18 Å². The van der Waals surface area contributed by atoms with Crippen LogP contribution < -0.4 is 4.72 Å². The lowest BCUT2D eigenvalue weighted by Gasteiger charge is -2.09. The largest absolute Gasteiger partial charge is 0.416 e. The minimum Gasteiger partial charge on any atom is -0.259 e. The Labute approximate surface area is 156 Å². The zero-order valence-electron chi connectivity index (χ0n) is 13.4. The highest BCUT2D eigenvalue weighted by molar-refractivity contribution is 9.10. The molecule has 0 saturated heterocycles. The van der Waals surface area contributed by atoms with Crippen LogP contribution in [0.4, 0.5) is 13.2 Å². The Morgan fingerprint density at radius 2 is 1.92 bits per heavy atom. The summed E-state index contributed by atoms with van der Waals surface area (Å²) in [7, 11) is -2.30. The fourth-order valence-electron chi connectivity index (χ4n) is 2.54. The Kier molecular flexibility index (Phi) is 4.84. The zero-order valence-corrected chi connectivity index (χ0v) is 15.8. The van der Waals surface area contributed by atoms with Crippen LogP contribution >= 0.6 is 15.9 Å². The lowest BCUT2D eigenvalue weighted by atomic mass is 10.1. The van der Waals surface area contributed by atoms with Crippen molar-refractivity contribution in [1.29, 1.82) is 0 Å². The van der Waals surface area contributed by atoms with Crippen molar-refractivity contribution >= 4 is 36.9 Å². The standard InChI is InChI=1S/C16H13BrF3N3O2S/c1-21-26(24,25)12-5-6-14-13(8-12)15(17)22-23(14)9-10-3-2-4-11(7-10)16(18,19)20/h2-8,21H,9H2,1H3. The van der Waals surface area contributed by atoms with Crippen molar-refractivity contribution in [3.05, 3.63) is 58.2 Å². The fourth-order valence-corrected chi connectivity index (χ4v) is 3.81. The first-order chi connectivity index (χ1) is 12.1.